The minimum atomic E-state index is -0.972. The first-order valence-electron chi connectivity index (χ1n) is 9.76. The monoisotopic (exact) mass is 386 g/mol. The van der Waals surface area contributed by atoms with Crippen LogP contribution in [0.1, 0.15) is 59.8 Å². The fraction of sp³-hybridized carbons (Fsp3) is 0.750. The number of quaternary nitrogens is 1. The van der Waals surface area contributed by atoms with Crippen molar-refractivity contribution in [2.45, 2.75) is 59.8 Å². The van der Waals surface area contributed by atoms with Crippen LogP contribution in [0.4, 0.5) is 0 Å². The Hall–Kier alpha value is -1.89. The molecule has 0 aromatic rings. The van der Waals surface area contributed by atoms with Gasteiger partial charge in [-0.05, 0) is 39.7 Å². The molecule has 0 bridgehead atoms. The molecule has 0 aliphatic rings. The van der Waals surface area contributed by atoms with Crippen molar-refractivity contribution in [3.63, 3.8) is 0 Å². The molecule has 0 heterocycles. The maximum Gasteiger partial charge on any atom is 0.311 e. The third kappa shape index (κ3) is 10.1. The predicted molar refractivity (Wildman–Crippen MR) is 103 cm³/mol. The number of carbonyl (C=O) groups is 3. The summed E-state index contributed by atoms with van der Waals surface area (Å²) in [7, 11) is 0. The molecule has 27 heavy (non-hydrogen) atoms. The van der Waals surface area contributed by atoms with Gasteiger partial charge in [0.05, 0.1) is 25.8 Å². The molecule has 0 radical (unpaired) electrons. The third-order valence-electron chi connectivity index (χ3n) is 4.82. The summed E-state index contributed by atoms with van der Waals surface area (Å²) < 4.78 is 0.0438. The summed E-state index contributed by atoms with van der Waals surface area (Å²) in [5, 5.41) is 28.0. The summed E-state index contributed by atoms with van der Waals surface area (Å²) in [6.07, 6.45) is 8.98. The molecular weight excluding hydrogens is 350 g/mol. The number of allylic oxidation sites excluding steroid dienone is 1. The van der Waals surface area contributed by atoms with Crippen LogP contribution >= 0.6 is 0 Å². The second-order valence-corrected chi connectivity index (χ2v) is 7.72. The zero-order chi connectivity index (χ0) is 21.0. The smallest absolute Gasteiger partial charge is 0.311 e. The molecule has 0 amide bonds. The van der Waals surface area contributed by atoms with Gasteiger partial charge in [-0.1, -0.05) is 26.2 Å². The van der Waals surface area contributed by atoms with E-state index >= 15 is 0 Å². The Morgan fingerprint density at radius 1 is 0.778 bits per heavy atom. The van der Waals surface area contributed by atoms with E-state index in [4.69, 9.17) is 0 Å². The molecule has 3 unspecified atom stereocenters. The van der Waals surface area contributed by atoms with E-state index in [1.165, 1.54) is 0 Å². The standard InChI is InChI=1S/C20H35NO6/c1-5-6-7-8-9-10-11-21(12-15(2)18(22)23,13-16(3)19(24)25)14-17(4)20(26)27/h10-11,15-17H,5-9,12-14H2,1-4H3,(H2-,22,23,24,25,26,27)/p+1/b11-10+. The topological polar surface area (TPSA) is 112 Å². The minimum Gasteiger partial charge on any atom is -0.481 e. The van der Waals surface area contributed by atoms with E-state index in [1.54, 1.807) is 20.8 Å². The van der Waals surface area contributed by atoms with E-state index in [9.17, 15) is 29.7 Å². The number of hydrogen-bond acceptors (Lipinski definition) is 3. The molecule has 0 aromatic carbocycles. The van der Waals surface area contributed by atoms with Crippen molar-refractivity contribution in [3.8, 4) is 0 Å². The van der Waals surface area contributed by atoms with Crippen LogP contribution in [0.3, 0.4) is 0 Å². The molecule has 0 saturated carbocycles. The Morgan fingerprint density at radius 2 is 1.19 bits per heavy atom. The van der Waals surface area contributed by atoms with Crippen LogP contribution in [-0.4, -0.2) is 57.3 Å². The fourth-order valence-electron chi connectivity index (χ4n) is 3.26. The highest BCUT2D eigenvalue weighted by molar-refractivity contribution is 5.70. The van der Waals surface area contributed by atoms with Crippen molar-refractivity contribution in [1.29, 1.82) is 0 Å². The van der Waals surface area contributed by atoms with Crippen LogP contribution in [0.5, 0.6) is 0 Å². The maximum absolute atomic E-state index is 11.4. The van der Waals surface area contributed by atoms with Gasteiger partial charge < -0.3 is 15.3 Å². The van der Waals surface area contributed by atoms with Crippen LogP contribution in [0.2, 0.25) is 0 Å². The van der Waals surface area contributed by atoms with Gasteiger partial charge in [-0.3, -0.25) is 18.9 Å². The van der Waals surface area contributed by atoms with E-state index in [-0.39, 0.29) is 24.1 Å². The summed E-state index contributed by atoms with van der Waals surface area (Å²) >= 11 is 0. The Kier molecular flexibility index (Phi) is 11.6. The lowest BCUT2D eigenvalue weighted by atomic mass is 10.0. The first kappa shape index (κ1) is 25.1. The average Bonchev–Trinajstić information content (AvgIpc) is 2.57. The number of rotatable bonds is 15. The Labute approximate surface area is 162 Å². The normalized spacial score (nSPS) is 17.2. The number of carboxylic acid groups (broad SMARTS) is 3. The van der Waals surface area contributed by atoms with Crippen LogP contribution in [0, 0.1) is 17.8 Å². The van der Waals surface area contributed by atoms with Crippen molar-refractivity contribution in [2.24, 2.45) is 17.8 Å². The highest BCUT2D eigenvalue weighted by Crippen LogP contribution is 2.21. The fourth-order valence-corrected chi connectivity index (χ4v) is 3.26. The van der Waals surface area contributed by atoms with E-state index < -0.39 is 35.7 Å². The number of hydrogen-bond donors (Lipinski definition) is 3. The largest absolute Gasteiger partial charge is 0.481 e. The van der Waals surface area contributed by atoms with Crippen molar-refractivity contribution in [2.75, 3.05) is 19.6 Å². The second kappa shape index (κ2) is 12.5. The molecule has 3 N–H and O–H groups in total. The Balaban J connectivity index is 5.59. The molecule has 3 atom stereocenters. The molecule has 156 valence electrons. The lowest BCUT2D eigenvalue weighted by Crippen LogP contribution is -2.53. The number of aliphatic carboxylic acids is 3. The van der Waals surface area contributed by atoms with Crippen LogP contribution in [0.15, 0.2) is 12.3 Å². The van der Waals surface area contributed by atoms with Gasteiger partial charge >= 0.3 is 17.9 Å². The summed E-state index contributed by atoms with van der Waals surface area (Å²) in [6, 6.07) is 0. The lowest BCUT2D eigenvalue weighted by Gasteiger charge is -2.38. The van der Waals surface area contributed by atoms with Gasteiger partial charge in [-0.15, -0.1) is 0 Å². The molecule has 0 aromatic heterocycles. The maximum atomic E-state index is 11.4. The predicted octanol–water partition coefficient (Wildman–Crippen LogP) is 3.45. The minimum absolute atomic E-state index is 0.0438. The second-order valence-electron chi connectivity index (χ2n) is 7.72. The highest BCUT2D eigenvalue weighted by Gasteiger charge is 2.37. The molecule has 0 aliphatic carbocycles. The van der Waals surface area contributed by atoms with Crippen LogP contribution < -0.4 is 0 Å². The zero-order valence-corrected chi connectivity index (χ0v) is 17.1. The zero-order valence-electron chi connectivity index (χ0n) is 17.1. The molecule has 7 heteroatoms. The quantitative estimate of drug-likeness (QED) is 0.293. The summed E-state index contributed by atoms with van der Waals surface area (Å²) in [6.45, 7) is 7.33. The van der Waals surface area contributed by atoms with Crippen molar-refractivity contribution in [1.82, 2.24) is 0 Å². The van der Waals surface area contributed by atoms with Gasteiger partial charge in [0.1, 0.15) is 17.8 Å². The van der Waals surface area contributed by atoms with Crippen molar-refractivity contribution < 1.29 is 34.2 Å². The van der Waals surface area contributed by atoms with E-state index in [1.807, 2.05) is 12.3 Å². The number of carboxylic acids is 3. The summed E-state index contributed by atoms with van der Waals surface area (Å²) in [4.78, 5) is 34.2. The van der Waals surface area contributed by atoms with Gasteiger partial charge in [0.25, 0.3) is 0 Å². The number of nitrogens with zero attached hydrogens (tertiary/aromatic N) is 1. The first-order chi connectivity index (χ1) is 12.5. The third-order valence-corrected chi connectivity index (χ3v) is 4.82. The van der Waals surface area contributed by atoms with Gasteiger partial charge in [-0.2, -0.15) is 0 Å². The Bertz CT molecular complexity index is 462. The SMILES string of the molecule is CCCCCC/C=C/[N+](CC(C)C(=O)O)(CC(C)C(=O)O)CC(C)C(=O)O. The lowest BCUT2D eigenvalue weighted by molar-refractivity contribution is -0.886. The van der Waals surface area contributed by atoms with Gasteiger partial charge in [-0.25, -0.2) is 0 Å². The van der Waals surface area contributed by atoms with Crippen molar-refractivity contribution in [3.05, 3.63) is 12.3 Å². The molecule has 0 saturated heterocycles. The summed E-state index contributed by atoms with van der Waals surface area (Å²) in [5.74, 6) is -5.05. The average molecular weight is 387 g/mol. The van der Waals surface area contributed by atoms with Crippen molar-refractivity contribution >= 4 is 17.9 Å². The van der Waals surface area contributed by atoms with Gasteiger partial charge in [0.15, 0.2) is 0 Å². The highest BCUT2D eigenvalue weighted by atomic mass is 16.4. The first-order valence-corrected chi connectivity index (χ1v) is 9.76. The summed E-state index contributed by atoms with van der Waals surface area (Å²) in [5.41, 5.74) is 0. The molecule has 7 nitrogen and oxygen atoms in total. The molecule has 0 spiro atoms. The van der Waals surface area contributed by atoms with Crippen LogP contribution in [-0.2, 0) is 14.4 Å². The van der Waals surface area contributed by atoms with Crippen LogP contribution in [0.25, 0.3) is 0 Å². The molecule has 0 rings (SSSR count). The van der Waals surface area contributed by atoms with E-state index in [0.29, 0.717) is 0 Å². The van der Waals surface area contributed by atoms with Gasteiger partial charge in [0, 0.05) is 0 Å². The Morgan fingerprint density at radius 3 is 1.52 bits per heavy atom. The molecule has 0 aliphatic heterocycles. The van der Waals surface area contributed by atoms with Gasteiger partial charge in [0.2, 0.25) is 0 Å². The van der Waals surface area contributed by atoms with E-state index in [2.05, 4.69) is 6.92 Å². The molecule has 0 fully saturated rings. The number of unbranched alkanes of at least 4 members (excludes halogenated alkanes) is 4. The van der Waals surface area contributed by atoms with E-state index in [0.717, 1.165) is 32.1 Å². The molecular formula is C20H36NO6+.